The molecule has 1 heterocycles. The number of likely N-dealkylation sites (tertiary alicyclic amines) is 1. The number of carbonyl (C=O) groups excluding carboxylic acids is 1. The van der Waals surface area contributed by atoms with Crippen molar-refractivity contribution >= 4 is 15.7 Å². The largest absolute Gasteiger partial charge is 0.370 e. The number of hydrogen-bond acceptors (Lipinski definition) is 5. The van der Waals surface area contributed by atoms with Crippen molar-refractivity contribution in [2.75, 3.05) is 31.1 Å². The Labute approximate surface area is 95.9 Å². The monoisotopic (exact) mass is 249 g/mol. The standard InChI is InChI=1S/C9H19N3O3S/c10-8-1-3-12(7-8)4-6-16(14,15)5-2-9(11)13/h8H,1-7,10H2,(H2,11,13)/t8-/m0/s1. The summed E-state index contributed by atoms with van der Waals surface area (Å²) in [5.41, 5.74) is 10.6. The molecule has 7 heteroatoms. The average Bonchev–Trinajstić information content (AvgIpc) is 2.59. The summed E-state index contributed by atoms with van der Waals surface area (Å²) in [6, 6.07) is 0.160. The van der Waals surface area contributed by atoms with Gasteiger partial charge in [-0.1, -0.05) is 0 Å². The van der Waals surface area contributed by atoms with Gasteiger partial charge in [-0.25, -0.2) is 8.42 Å². The maximum absolute atomic E-state index is 11.5. The molecule has 0 aliphatic carbocycles. The van der Waals surface area contributed by atoms with Gasteiger partial charge in [0.15, 0.2) is 9.84 Å². The second-order valence-corrected chi connectivity index (χ2v) is 6.52. The summed E-state index contributed by atoms with van der Waals surface area (Å²) in [6.07, 6.45) is 0.823. The summed E-state index contributed by atoms with van der Waals surface area (Å²) in [5, 5.41) is 0. The second-order valence-electron chi connectivity index (χ2n) is 4.22. The molecule has 94 valence electrons. The fourth-order valence-corrected chi connectivity index (χ4v) is 2.94. The smallest absolute Gasteiger partial charge is 0.218 e. The Hall–Kier alpha value is -0.660. The topological polar surface area (TPSA) is 106 Å². The van der Waals surface area contributed by atoms with E-state index in [1.807, 2.05) is 4.90 Å². The molecular weight excluding hydrogens is 230 g/mol. The molecule has 0 radical (unpaired) electrons. The van der Waals surface area contributed by atoms with Crippen LogP contribution in [-0.2, 0) is 14.6 Å². The van der Waals surface area contributed by atoms with E-state index < -0.39 is 15.7 Å². The van der Waals surface area contributed by atoms with E-state index in [9.17, 15) is 13.2 Å². The summed E-state index contributed by atoms with van der Waals surface area (Å²) in [4.78, 5) is 12.5. The fraction of sp³-hybridized carbons (Fsp3) is 0.889. The molecule has 0 bridgehead atoms. The summed E-state index contributed by atoms with van der Waals surface area (Å²) >= 11 is 0. The maximum atomic E-state index is 11.5. The first kappa shape index (κ1) is 13.4. The number of sulfone groups is 1. The Bertz CT molecular complexity index is 342. The molecule has 0 unspecified atom stereocenters. The highest BCUT2D eigenvalue weighted by Crippen LogP contribution is 2.07. The molecule has 6 nitrogen and oxygen atoms in total. The van der Waals surface area contributed by atoms with Crippen LogP contribution in [0.3, 0.4) is 0 Å². The minimum absolute atomic E-state index is 0.0764. The third-order valence-electron chi connectivity index (χ3n) is 2.69. The highest BCUT2D eigenvalue weighted by Gasteiger charge is 2.21. The molecule has 0 aromatic carbocycles. The highest BCUT2D eigenvalue weighted by atomic mass is 32.2. The summed E-state index contributed by atoms with van der Waals surface area (Å²) < 4.78 is 23.0. The molecule has 1 saturated heterocycles. The molecule has 1 atom stereocenters. The van der Waals surface area contributed by atoms with Crippen molar-refractivity contribution in [2.24, 2.45) is 11.5 Å². The van der Waals surface area contributed by atoms with Crippen molar-refractivity contribution in [3.05, 3.63) is 0 Å². The lowest BCUT2D eigenvalue weighted by atomic mass is 10.3. The molecule has 0 aromatic heterocycles. The van der Waals surface area contributed by atoms with E-state index in [0.717, 1.165) is 19.5 Å². The lowest BCUT2D eigenvalue weighted by Crippen LogP contribution is -2.31. The first-order valence-corrected chi connectivity index (χ1v) is 7.18. The Balaban J connectivity index is 2.28. The van der Waals surface area contributed by atoms with Crippen molar-refractivity contribution in [1.29, 1.82) is 0 Å². The zero-order valence-electron chi connectivity index (χ0n) is 9.26. The van der Waals surface area contributed by atoms with Crippen LogP contribution in [-0.4, -0.2) is 56.4 Å². The van der Waals surface area contributed by atoms with Gasteiger partial charge in [0.2, 0.25) is 5.91 Å². The number of carbonyl (C=O) groups is 1. The van der Waals surface area contributed by atoms with Gasteiger partial charge in [0.25, 0.3) is 0 Å². The van der Waals surface area contributed by atoms with Crippen LogP contribution >= 0.6 is 0 Å². The lowest BCUT2D eigenvalue weighted by Gasteiger charge is -2.14. The Morgan fingerprint density at radius 1 is 1.38 bits per heavy atom. The summed E-state index contributed by atoms with van der Waals surface area (Å²) in [6.45, 7) is 2.10. The molecular formula is C9H19N3O3S. The number of nitrogens with two attached hydrogens (primary N) is 2. The average molecular weight is 249 g/mol. The predicted octanol–water partition coefficient (Wildman–Crippen LogP) is -1.69. The molecule has 1 amide bonds. The number of nitrogens with zero attached hydrogens (tertiary/aromatic N) is 1. The van der Waals surface area contributed by atoms with Gasteiger partial charge in [-0.3, -0.25) is 4.79 Å². The van der Waals surface area contributed by atoms with Crippen molar-refractivity contribution < 1.29 is 13.2 Å². The van der Waals surface area contributed by atoms with E-state index in [1.54, 1.807) is 0 Å². The third kappa shape index (κ3) is 4.91. The number of hydrogen-bond donors (Lipinski definition) is 2. The van der Waals surface area contributed by atoms with E-state index >= 15 is 0 Å². The van der Waals surface area contributed by atoms with E-state index in [2.05, 4.69) is 0 Å². The van der Waals surface area contributed by atoms with Gasteiger partial charge in [0.05, 0.1) is 11.5 Å². The van der Waals surface area contributed by atoms with Crippen molar-refractivity contribution in [1.82, 2.24) is 4.90 Å². The zero-order chi connectivity index (χ0) is 12.2. The summed E-state index contributed by atoms with van der Waals surface area (Å²) in [5.74, 6) is -0.651. The van der Waals surface area contributed by atoms with Crippen LogP contribution in [0.15, 0.2) is 0 Å². The van der Waals surface area contributed by atoms with Crippen molar-refractivity contribution in [3.63, 3.8) is 0 Å². The van der Waals surface area contributed by atoms with Gasteiger partial charge in [-0.05, 0) is 13.0 Å². The van der Waals surface area contributed by atoms with Gasteiger partial charge >= 0.3 is 0 Å². The van der Waals surface area contributed by atoms with Crippen LogP contribution in [0, 0.1) is 0 Å². The van der Waals surface area contributed by atoms with Crippen LogP contribution in [0.2, 0.25) is 0 Å². The van der Waals surface area contributed by atoms with Crippen LogP contribution in [0.4, 0.5) is 0 Å². The second kappa shape index (κ2) is 5.60. The minimum atomic E-state index is -3.16. The lowest BCUT2D eigenvalue weighted by molar-refractivity contribution is -0.117. The number of primary amides is 1. The highest BCUT2D eigenvalue weighted by molar-refractivity contribution is 7.91. The Morgan fingerprint density at radius 3 is 2.56 bits per heavy atom. The number of rotatable bonds is 6. The Kier molecular flexibility index (Phi) is 4.69. The fourth-order valence-electron chi connectivity index (χ4n) is 1.69. The first-order chi connectivity index (χ1) is 7.39. The zero-order valence-corrected chi connectivity index (χ0v) is 10.1. The Morgan fingerprint density at radius 2 is 2.06 bits per heavy atom. The van der Waals surface area contributed by atoms with Gasteiger partial charge in [-0.2, -0.15) is 0 Å². The molecule has 1 fully saturated rings. The van der Waals surface area contributed by atoms with Gasteiger partial charge in [-0.15, -0.1) is 0 Å². The maximum Gasteiger partial charge on any atom is 0.218 e. The molecule has 1 aliphatic heterocycles. The SMILES string of the molecule is NC(=O)CCS(=O)(=O)CCN1CC[C@H](N)C1. The molecule has 16 heavy (non-hydrogen) atoms. The van der Waals surface area contributed by atoms with Crippen LogP contribution in [0.5, 0.6) is 0 Å². The van der Waals surface area contributed by atoms with E-state index in [1.165, 1.54) is 0 Å². The van der Waals surface area contributed by atoms with Crippen LogP contribution in [0.1, 0.15) is 12.8 Å². The molecule has 0 aromatic rings. The molecule has 1 aliphatic rings. The van der Waals surface area contributed by atoms with E-state index in [0.29, 0.717) is 6.54 Å². The van der Waals surface area contributed by atoms with Crippen molar-refractivity contribution in [2.45, 2.75) is 18.9 Å². The van der Waals surface area contributed by atoms with Crippen LogP contribution < -0.4 is 11.5 Å². The first-order valence-electron chi connectivity index (χ1n) is 5.36. The van der Waals surface area contributed by atoms with Crippen LogP contribution in [0.25, 0.3) is 0 Å². The third-order valence-corrected chi connectivity index (χ3v) is 4.32. The van der Waals surface area contributed by atoms with Gasteiger partial charge in [0.1, 0.15) is 0 Å². The summed E-state index contributed by atoms with van der Waals surface area (Å²) in [7, 11) is -3.16. The van der Waals surface area contributed by atoms with E-state index in [4.69, 9.17) is 11.5 Å². The molecule has 4 N–H and O–H groups in total. The van der Waals surface area contributed by atoms with Gasteiger partial charge < -0.3 is 16.4 Å². The molecule has 0 saturated carbocycles. The predicted molar refractivity (Wildman–Crippen MR) is 61.5 cm³/mol. The van der Waals surface area contributed by atoms with Crippen molar-refractivity contribution in [3.8, 4) is 0 Å². The quantitative estimate of drug-likeness (QED) is 0.584. The van der Waals surface area contributed by atoms with E-state index in [-0.39, 0.29) is 24.0 Å². The molecule has 1 rings (SSSR count). The normalized spacial score (nSPS) is 22.4. The van der Waals surface area contributed by atoms with Gasteiger partial charge in [0, 0.05) is 25.6 Å². The molecule has 0 spiro atoms. The minimum Gasteiger partial charge on any atom is -0.370 e. The number of amides is 1.